The van der Waals surface area contributed by atoms with Gasteiger partial charge in [-0.05, 0) is 73.5 Å². The molecule has 0 spiro atoms. The molecule has 1 aromatic carbocycles. The lowest BCUT2D eigenvalue weighted by Crippen LogP contribution is -2.57. The summed E-state index contributed by atoms with van der Waals surface area (Å²) in [7, 11) is 0. The Hall–Kier alpha value is -2.88. The van der Waals surface area contributed by atoms with E-state index in [9.17, 15) is 34.8 Å². The minimum atomic E-state index is -2.57. The first-order valence-corrected chi connectivity index (χ1v) is 15.6. The monoisotopic (exact) mass is 598 g/mol. The highest BCUT2D eigenvalue weighted by Crippen LogP contribution is 2.52. The van der Waals surface area contributed by atoms with Gasteiger partial charge in [0.2, 0.25) is 5.78 Å². The van der Waals surface area contributed by atoms with Crippen LogP contribution >= 0.6 is 11.6 Å². The number of primary amides is 1. The number of nitrogens with zero attached hydrogens (tertiary/aromatic N) is 1. The number of allylic oxidation sites excluding steroid dienone is 2. The summed E-state index contributed by atoms with van der Waals surface area (Å²) in [6.45, 7) is 2.52. The Kier molecular flexibility index (Phi) is 7.64. The molecule has 0 aromatic heterocycles. The van der Waals surface area contributed by atoms with E-state index in [0.29, 0.717) is 29.0 Å². The van der Waals surface area contributed by atoms with Gasteiger partial charge in [0.05, 0.1) is 5.56 Å². The summed E-state index contributed by atoms with van der Waals surface area (Å²) in [5, 5.41) is 44.6. The molecule has 1 amide bonds. The van der Waals surface area contributed by atoms with E-state index in [4.69, 9.17) is 17.3 Å². The van der Waals surface area contributed by atoms with E-state index in [1.807, 2.05) is 0 Å². The number of benzene rings is 1. The fourth-order valence-corrected chi connectivity index (χ4v) is 8.14. The highest BCUT2D eigenvalue weighted by Gasteiger charge is 2.59. The van der Waals surface area contributed by atoms with Crippen molar-refractivity contribution < 1.29 is 34.8 Å². The second kappa shape index (κ2) is 11.0. The smallest absolute Gasteiger partial charge is 0.255 e. The number of hydrogen-bond acceptors (Lipinski definition) is 8. The lowest BCUT2D eigenvalue weighted by atomic mass is 9.60. The summed E-state index contributed by atoms with van der Waals surface area (Å²) in [5.74, 6) is -5.08. The number of aliphatic hydroxyl groups is 3. The quantitative estimate of drug-likeness (QED) is 0.228. The van der Waals surface area contributed by atoms with Crippen LogP contribution in [0.4, 0.5) is 0 Å². The van der Waals surface area contributed by atoms with Crippen molar-refractivity contribution in [3.63, 3.8) is 0 Å². The lowest BCUT2D eigenvalue weighted by Gasteiger charge is -2.45. The summed E-state index contributed by atoms with van der Waals surface area (Å²) < 4.78 is 0. The van der Waals surface area contributed by atoms with E-state index in [1.165, 1.54) is 57.4 Å². The van der Waals surface area contributed by atoms with Gasteiger partial charge in [-0.2, -0.15) is 0 Å². The number of carbonyl (C=O) groups excluding carboxylic acids is 3. The second-order valence-electron chi connectivity index (χ2n) is 13.1. The normalized spacial score (nSPS) is 28.5. The van der Waals surface area contributed by atoms with E-state index in [0.717, 1.165) is 18.7 Å². The zero-order chi connectivity index (χ0) is 29.9. The fourth-order valence-electron chi connectivity index (χ4n) is 7.86. The molecule has 0 heterocycles. The first-order valence-electron chi connectivity index (χ1n) is 15.2. The molecule has 1 unspecified atom stereocenters. The molecule has 9 nitrogen and oxygen atoms in total. The molecule has 1 aromatic rings. The van der Waals surface area contributed by atoms with Crippen molar-refractivity contribution in [1.29, 1.82) is 0 Å². The summed E-state index contributed by atoms with van der Waals surface area (Å²) >= 11 is 6.99. The molecule has 10 heteroatoms. The van der Waals surface area contributed by atoms with Crippen molar-refractivity contribution in [2.24, 2.45) is 29.4 Å². The van der Waals surface area contributed by atoms with Crippen molar-refractivity contribution >= 4 is 29.1 Å². The van der Waals surface area contributed by atoms with Crippen molar-refractivity contribution in [1.82, 2.24) is 4.90 Å². The Morgan fingerprint density at radius 2 is 1.64 bits per heavy atom. The maximum atomic E-state index is 13.8. The van der Waals surface area contributed by atoms with Crippen LogP contribution < -0.4 is 5.73 Å². The number of aliphatic hydroxyl groups excluding tert-OH is 2. The number of Topliss-reactive ketones (excluding diaryl/α,β-unsaturated/α-hetero) is 2. The van der Waals surface area contributed by atoms with Crippen LogP contribution in [0.25, 0.3) is 0 Å². The van der Waals surface area contributed by atoms with Gasteiger partial charge in [-0.25, -0.2) is 0 Å². The molecule has 0 saturated heterocycles. The van der Waals surface area contributed by atoms with E-state index >= 15 is 0 Å². The minimum Gasteiger partial charge on any atom is -0.511 e. The maximum Gasteiger partial charge on any atom is 0.255 e. The number of nitrogens with two attached hydrogens (primary N) is 1. The topological polar surface area (TPSA) is 161 Å². The summed E-state index contributed by atoms with van der Waals surface area (Å²) in [4.78, 5) is 41.2. The molecule has 0 radical (unpaired) electrons. The highest BCUT2D eigenvalue weighted by molar-refractivity contribution is 6.33. The van der Waals surface area contributed by atoms with Crippen LogP contribution in [0.5, 0.6) is 5.75 Å². The number of aromatic hydroxyl groups is 1. The van der Waals surface area contributed by atoms with Crippen molar-refractivity contribution in [2.75, 3.05) is 13.1 Å². The Morgan fingerprint density at radius 1 is 1.00 bits per heavy atom. The van der Waals surface area contributed by atoms with Crippen molar-refractivity contribution in [3.05, 3.63) is 50.4 Å². The van der Waals surface area contributed by atoms with Gasteiger partial charge in [0, 0.05) is 42.6 Å². The average Bonchev–Trinajstić information content (AvgIpc) is 3.77. The van der Waals surface area contributed by atoms with E-state index < -0.39 is 52.0 Å². The third-order valence-electron chi connectivity index (χ3n) is 10.2. The summed E-state index contributed by atoms with van der Waals surface area (Å²) in [6.07, 6.45) is 10.0. The number of phenols is 1. The van der Waals surface area contributed by atoms with Gasteiger partial charge in [-0.15, -0.1) is 0 Å². The number of carbonyl (C=O) groups is 3. The van der Waals surface area contributed by atoms with Crippen LogP contribution in [0.15, 0.2) is 28.7 Å². The van der Waals surface area contributed by atoms with Crippen molar-refractivity contribution in [2.45, 2.75) is 82.8 Å². The molecule has 6 rings (SSSR count). The molecule has 3 atom stereocenters. The molecule has 5 aliphatic rings. The molecule has 2 fully saturated rings. The molecule has 2 saturated carbocycles. The molecular weight excluding hydrogens is 560 g/mol. The van der Waals surface area contributed by atoms with Crippen LogP contribution in [-0.4, -0.2) is 61.5 Å². The Morgan fingerprint density at radius 3 is 2.26 bits per heavy atom. The van der Waals surface area contributed by atoms with Gasteiger partial charge in [0.25, 0.3) is 5.91 Å². The van der Waals surface area contributed by atoms with Gasteiger partial charge in [-0.3, -0.25) is 19.3 Å². The van der Waals surface area contributed by atoms with Gasteiger partial charge < -0.3 is 26.2 Å². The summed E-state index contributed by atoms with van der Waals surface area (Å²) in [6, 6.07) is 1.53. The number of phenolic OH excluding ortho intramolecular Hbond substituents is 1. The third-order valence-corrected chi connectivity index (χ3v) is 10.6. The fraction of sp³-hybridized carbons (Fsp3) is 0.594. The first kappa shape index (κ1) is 29.2. The van der Waals surface area contributed by atoms with Crippen LogP contribution in [0.2, 0.25) is 5.02 Å². The Labute approximate surface area is 250 Å². The first-order chi connectivity index (χ1) is 20.0. The largest absolute Gasteiger partial charge is 0.511 e. The minimum absolute atomic E-state index is 0.0436. The van der Waals surface area contributed by atoms with E-state index in [1.54, 1.807) is 0 Å². The Balaban J connectivity index is 1.33. The molecular formula is C32H39ClN2O7. The number of rotatable bonds is 7. The Bertz CT molecular complexity index is 1410. The number of fused-ring (bicyclic) bond motifs is 3. The standard InChI is InChI=1S/C32H39ClN2O7/c33-27-19(15-35(14-17-7-8-17)13-16-5-3-1-2-4-6-16)11-22(36)25-21(27)10-18-9-20-12-23(37)26(31(34)41)30(40)32(20,42)29(39)24(18)28(25)38/h11,16-18,20,36-37,39,42H,1-10,12-15H2,(H2,34,41)/t18?,20-,32-/m0/s1. The maximum absolute atomic E-state index is 13.8. The predicted molar refractivity (Wildman–Crippen MR) is 155 cm³/mol. The molecule has 0 aliphatic heterocycles. The molecule has 0 bridgehead atoms. The lowest BCUT2D eigenvalue weighted by molar-refractivity contribution is -0.144. The highest BCUT2D eigenvalue weighted by atomic mass is 35.5. The van der Waals surface area contributed by atoms with Gasteiger partial charge in [0.1, 0.15) is 22.8 Å². The van der Waals surface area contributed by atoms with Crippen LogP contribution in [0.3, 0.4) is 0 Å². The zero-order valence-corrected chi connectivity index (χ0v) is 24.5. The average molecular weight is 599 g/mol. The zero-order valence-electron chi connectivity index (χ0n) is 23.7. The number of halogens is 1. The number of amides is 1. The second-order valence-corrected chi connectivity index (χ2v) is 13.5. The summed E-state index contributed by atoms with van der Waals surface area (Å²) in [5.41, 5.74) is 2.93. The van der Waals surface area contributed by atoms with Crippen LogP contribution in [-0.2, 0) is 22.6 Å². The van der Waals surface area contributed by atoms with Gasteiger partial charge in [-0.1, -0.05) is 37.3 Å². The van der Waals surface area contributed by atoms with Crippen molar-refractivity contribution in [3.8, 4) is 5.75 Å². The predicted octanol–water partition coefficient (Wildman–Crippen LogP) is 4.42. The van der Waals surface area contributed by atoms with E-state index in [2.05, 4.69) is 4.90 Å². The van der Waals surface area contributed by atoms with E-state index in [-0.39, 0.29) is 36.1 Å². The van der Waals surface area contributed by atoms with Gasteiger partial charge in [0.15, 0.2) is 11.4 Å². The molecule has 226 valence electrons. The van der Waals surface area contributed by atoms with Crippen LogP contribution in [0.1, 0.15) is 85.7 Å². The SMILES string of the molecule is NC(=O)C1=C(O)C[C@@H]2CC3Cc4c(Cl)c(CN(CC5CCCCCC5)CC5CC5)cc(O)c4C(=O)C3=C(O)[C@]2(O)C1=O. The molecule has 5 aliphatic carbocycles. The molecule has 42 heavy (non-hydrogen) atoms. The van der Waals surface area contributed by atoms with Crippen LogP contribution in [0, 0.1) is 23.7 Å². The van der Waals surface area contributed by atoms with Gasteiger partial charge >= 0.3 is 0 Å². The number of hydrogen-bond donors (Lipinski definition) is 5. The third kappa shape index (κ3) is 4.93. The molecule has 6 N–H and O–H groups in total. The number of ketones is 2.